The second kappa shape index (κ2) is 7.58. The Balaban J connectivity index is 2.39. The molecule has 116 valence electrons. The molecule has 0 spiro atoms. The molecule has 7 nitrogen and oxygen atoms in total. The van der Waals surface area contributed by atoms with Gasteiger partial charge in [-0.15, -0.1) is 0 Å². The molecule has 0 fully saturated rings. The van der Waals surface area contributed by atoms with Gasteiger partial charge in [-0.05, 0) is 32.3 Å². The SMILES string of the molecule is COC(=O)C(C)(N)CCCCOc1ccccc1[N+](=O)[O-]. The maximum Gasteiger partial charge on any atom is 0.325 e. The quantitative estimate of drug-likeness (QED) is 0.340. The Morgan fingerprint density at radius 1 is 1.38 bits per heavy atom. The topological polar surface area (TPSA) is 105 Å². The van der Waals surface area contributed by atoms with Gasteiger partial charge in [0, 0.05) is 6.07 Å². The highest BCUT2D eigenvalue weighted by Gasteiger charge is 2.28. The van der Waals surface area contributed by atoms with E-state index in [-0.39, 0.29) is 11.4 Å². The van der Waals surface area contributed by atoms with Crippen LogP contribution in [0, 0.1) is 10.1 Å². The summed E-state index contributed by atoms with van der Waals surface area (Å²) in [5.74, 6) is -0.215. The molecule has 21 heavy (non-hydrogen) atoms. The number of carbonyl (C=O) groups is 1. The first-order chi connectivity index (χ1) is 9.88. The molecule has 0 saturated heterocycles. The lowest BCUT2D eigenvalue weighted by Gasteiger charge is -2.21. The number of esters is 1. The van der Waals surface area contributed by atoms with E-state index < -0.39 is 16.4 Å². The minimum Gasteiger partial charge on any atom is -0.487 e. The molecule has 1 atom stereocenters. The van der Waals surface area contributed by atoms with Crippen LogP contribution in [-0.4, -0.2) is 30.1 Å². The average molecular weight is 296 g/mol. The molecule has 0 bridgehead atoms. The van der Waals surface area contributed by atoms with Crippen molar-refractivity contribution in [2.75, 3.05) is 13.7 Å². The number of benzene rings is 1. The molecular weight excluding hydrogens is 276 g/mol. The summed E-state index contributed by atoms with van der Waals surface area (Å²) in [5.41, 5.74) is 4.74. The lowest BCUT2D eigenvalue weighted by atomic mass is 9.96. The number of hydrogen-bond donors (Lipinski definition) is 1. The Hall–Kier alpha value is -2.15. The smallest absolute Gasteiger partial charge is 0.325 e. The van der Waals surface area contributed by atoms with Gasteiger partial charge in [-0.3, -0.25) is 14.9 Å². The van der Waals surface area contributed by atoms with E-state index in [9.17, 15) is 14.9 Å². The molecule has 0 aliphatic rings. The van der Waals surface area contributed by atoms with Crippen LogP contribution >= 0.6 is 0 Å². The summed E-state index contributed by atoms with van der Waals surface area (Å²) in [6.07, 6.45) is 1.75. The zero-order valence-corrected chi connectivity index (χ0v) is 12.2. The third-order valence-corrected chi connectivity index (χ3v) is 3.06. The van der Waals surface area contributed by atoms with E-state index >= 15 is 0 Å². The van der Waals surface area contributed by atoms with Crippen LogP contribution in [0.15, 0.2) is 24.3 Å². The van der Waals surface area contributed by atoms with Gasteiger partial charge < -0.3 is 15.2 Å². The molecule has 0 heterocycles. The van der Waals surface area contributed by atoms with Gasteiger partial charge in [0.05, 0.1) is 18.6 Å². The summed E-state index contributed by atoms with van der Waals surface area (Å²) >= 11 is 0. The molecule has 7 heteroatoms. The maximum absolute atomic E-state index is 11.4. The standard InChI is InChI=1S/C14H20N2O5/c1-14(15,13(17)20-2)9-5-6-10-21-12-8-4-3-7-11(12)16(18)19/h3-4,7-8H,5-6,9-10,15H2,1-2H3. The van der Waals surface area contributed by atoms with Gasteiger partial charge in [-0.2, -0.15) is 0 Å². The van der Waals surface area contributed by atoms with Gasteiger partial charge in [0.25, 0.3) is 0 Å². The molecule has 2 N–H and O–H groups in total. The first-order valence-electron chi connectivity index (χ1n) is 6.62. The highest BCUT2D eigenvalue weighted by molar-refractivity contribution is 5.79. The minimum atomic E-state index is -1.02. The van der Waals surface area contributed by atoms with Gasteiger partial charge in [-0.1, -0.05) is 12.1 Å². The van der Waals surface area contributed by atoms with Crippen LogP contribution in [0.5, 0.6) is 5.75 Å². The predicted molar refractivity (Wildman–Crippen MR) is 77.1 cm³/mol. The molecule has 0 amide bonds. The summed E-state index contributed by atoms with van der Waals surface area (Å²) in [7, 11) is 1.30. The van der Waals surface area contributed by atoms with Crippen molar-refractivity contribution >= 4 is 11.7 Å². The Labute approximate surface area is 123 Å². The van der Waals surface area contributed by atoms with Crippen molar-refractivity contribution in [3.05, 3.63) is 34.4 Å². The van der Waals surface area contributed by atoms with Gasteiger partial charge in [0.2, 0.25) is 0 Å². The average Bonchev–Trinajstić information content (AvgIpc) is 2.46. The zero-order chi connectivity index (χ0) is 15.9. The van der Waals surface area contributed by atoms with E-state index in [4.69, 9.17) is 10.5 Å². The fraction of sp³-hybridized carbons (Fsp3) is 0.500. The van der Waals surface area contributed by atoms with Crippen LogP contribution in [0.3, 0.4) is 0 Å². The number of hydrogen-bond acceptors (Lipinski definition) is 6. The summed E-state index contributed by atoms with van der Waals surface area (Å²) in [4.78, 5) is 21.7. The number of ether oxygens (including phenoxy) is 2. The Morgan fingerprint density at radius 3 is 2.67 bits per heavy atom. The normalized spacial score (nSPS) is 13.3. The third kappa shape index (κ3) is 5.03. The molecule has 1 aromatic carbocycles. The van der Waals surface area contributed by atoms with E-state index in [2.05, 4.69) is 4.74 Å². The minimum absolute atomic E-state index is 0.0595. The predicted octanol–water partition coefficient (Wildman–Crippen LogP) is 2.03. The lowest BCUT2D eigenvalue weighted by Crippen LogP contribution is -2.45. The number of nitrogens with zero attached hydrogens (tertiary/aromatic N) is 1. The number of methoxy groups -OCH3 is 1. The number of nitro benzene ring substituents is 1. The molecule has 0 saturated carbocycles. The van der Waals surface area contributed by atoms with Crippen LogP contribution in [0.25, 0.3) is 0 Å². The fourth-order valence-corrected chi connectivity index (χ4v) is 1.84. The highest BCUT2D eigenvalue weighted by atomic mass is 16.6. The van der Waals surface area contributed by atoms with Crippen molar-refractivity contribution in [1.29, 1.82) is 0 Å². The molecule has 1 aromatic rings. The number of carbonyl (C=O) groups excluding carboxylic acids is 1. The molecule has 0 aromatic heterocycles. The van der Waals surface area contributed by atoms with E-state index in [1.54, 1.807) is 25.1 Å². The number of nitro groups is 1. The fourth-order valence-electron chi connectivity index (χ4n) is 1.84. The van der Waals surface area contributed by atoms with Crippen molar-refractivity contribution in [3.8, 4) is 5.75 Å². The van der Waals surface area contributed by atoms with Crippen LogP contribution in [0.4, 0.5) is 5.69 Å². The maximum atomic E-state index is 11.4. The van der Waals surface area contributed by atoms with Crippen molar-refractivity contribution in [3.63, 3.8) is 0 Å². The second-order valence-corrected chi connectivity index (χ2v) is 4.94. The van der Waals surface area contributed by atoms with Gasteiger partial charge in [-0.25, -0.2) is 0 Å². The van der Waals surface area contributed by atoms with Crippen molar-refractivity contribution in [1.82, 2.24) is 0 Å². The molecule has 0 radical (unpaired) electrons. The van der Waals surface area contributed by atoms with Gasteiger partial charge in [0.1, 0.15) is 5.54 Å². The summed E-state index contributed by atoms with van der Waals surface area (Å²) in [6, 6.07) is 6.21. The van der Waals surface area contributed by atoms with Gasteiger partial charge in [0.15, 0.2) is 5.75 Å². The summed E-state index contributed by atoms with van der Waals surface area (Å²) in [6.45, 7) is 1.93. The zero-order valence-electron chi connectivity index (χ0n) is 12.2. The van der Waals surface area contributed by atoms with Crippen molar-refractivity contribution in [2.24, 2.45) is 5.73 Å². The Morgan fingerprint density at radius 2 is 2.05 bits per heavy atom. The Kier molecular flexibility index (Phi) is 6.10. The van der Waals surface area contributed by atoms with Crippen molar-refractivity contribution in [2.45, 2.75) is 31.7 Å². The lowest BCUT2D eigenvalue weighted by molar-refractivity contribution is -0.385. The van der Waals surface area contributed by atoms with E-state index in [0.29, 0.717) is 25.9 Å². The van der Waals surface area contributed by atoms with Gasteiger partial charge >= 0.3 is 11.7 Å². The van der Waals surface area contributed by atoms with E-state index in [1.807, 2.05) is 0 Å². The number of unbranched alkanes of at least 4 members (excludes halogenated alkanes) is 1. The number of para-hydroxylation sites is 2. The number of rotatable bonds is 8. The first kappa shape index (κ1) is 16.9. The molecule has 1 rings (SSSR count). The molecular formula is C14H20N2O5. The first-order valence-corrected chi connectivity index (χ1v) is 6.62. The molecule has 0 aliphatic heterocycles. The second-order valence-electron chi connectivity index (χ2n) is 4.94. The van der Waals surface area contributed by atoms with Crippen LogP contribution < -0.4 is 10.5 Å². The summed E-state index contributed by atoms with van der Waals surface area (Å²) < 4.78 is 10.0. The molecule has 1 unspecified atom stereocenters. The third-order valence-electron chi connectivity index (χ3n) is 3.06. The highest BCUT2D eigenvalue weighted by Crippen LogP contribution is 2.26. The van der Waals surface area contributed by atoms with E-state index in [1.165, 1.54) is 13.2 Å². The van der Waals surface area contributed by atoms with Crippen LogP contribution in [0.2, 0.25) is 0 Å². The van der Waals surface area contributed by atoms with Crippen molar-refractivity contribution < 1.29 is 19.2 Å². The van der Waals surface area contributed by atoms with Crippen LogP contribution in [0.1, 0.15) is 26.2 Å². The molecule has 0 aliphatic carbocycles. The summed E-state index contributed by atoms with van der Waals surface area (Å²) in [5, 5.41) is 10.8. The van der Waals surface area contributed by atoms with E-state index in [0.717, 1.165) is 0 Å². The van der Waals surface area contributed by atoms with Crippen LogP contribution in [-0.2, 0) is 9.53 Å². The Bertz CT molecular complexity index is 502. The monoisotopic (exact) mass is 296 g/mol. The number of nitrogens with two attached hydrogens (primary N) is 1. The largest absolute Gasteiger partial charge is 0.487 e.